The quantitative estimate of drug-likeness (QED) is 0.681. The molecule has 17 heavy (non-hydrogen) atoms. The molecule has 0 unspecified atom stereocenters. The third kappa shape index (κ3) is 6.61. The molecule has 5 nitrogen and oxygen atoms in total. The molecular formula is C12H24N2O3. The first-order valence-electron chi connectivity index (χ1n) is 6.38. The molecule has 1 amide bonds. The number of amides is 1. The fourth-order valence-electron chi connectivity index (χ4n) is 1.69. The van der Waals surface area contributed by atoms with E-state index in [0.29, 0.717) is 13.2 Å². The van der Waals surface area contributed by atoms with Crippen LogP contribution in [-0.4, -0.2) is 62.9 Å². The third-order valence-electron chi connectivity index (χ3n) is 2.60. The van der Waals surface area contributed by atoms with E-state index in [1.54, 1.807) is 0 Å². The zero-order chi connectivity index (χ0) is 12.5. The van der Waals surface area contributed by atoms with Gasteiger partial charge in [0.1, 0.15) is 6.61 Å². The Bertz CT molecular complexity index is 214. The van der Waals surface area contributed by atoms with Crippen molar-refractivity contribution in [1.82, 2.24) is 10.2 Å². The molecule has 1 aliphatic heterocycles. The molecule has 1 heterocycles. The maximum Gasteiger partial charge on any atom is 0.248 e. The van der Waals surface area contributed by atoms with Gasteiger partial charge in [0.15, 0.2) is 0 Å². The van der Waals surface area contributed by atoms with Crippen LogP contribution >= 0.6 is 0 Å². The first-order valence-corrected chi connectivity index (χ1v) is 6.38. The molecule has 0 spiro atoms. The summed E-state index contributed by atoms with van der Waals surface area (Å²) in [4.78, 5) is 13.6. The number of nitrogens with one attached hydrogen (secondary N) is 1. The molecule has 0 aromatic rings. The summed E-state index contributed by atoms with van der Waals surface area (Å²) < 4.78 is 10.6. The van der Waals surface area contributed by atoms with Crippen molar-refractivity contribution in [1.29, 1.82) is 0 Å². The van der Waals surface area contributed by atoms with Crippen LogP contribution in [0.2, 0.25) is 0 Å². The maximum absolute atomic E-state index is 11.8. The van der Waals surface area contributed by atoms with Crippen molar-refractivity contribution in [3.63, 3.8) is 0 Å². The van der Waals surface area contributed by atoms with Gasteiger partial charge in [0.25, 0.3) is 0 Å². The Kier molecular flexibility index (Phi) is 7.16. The molecule has 0 aliphatic carbocycles. The fraction of sp³-hybridized carbons (Fsp3) is 0.917. The second-order valence-corrected chi connectivity index (χ2v) is 4.46. The number of carbonyl (C=O) groups excluding carboxylic acids is 1. The molecule has 100 valence electrons. The van der Waals surface area contributed by atoms with Gasteiger partial charge in [0.05, 0.1) is 19.3 Å². The Balaban J connectivity index is 2.07. The third-order valence-corrected chi connectivity index (χ3v) is 2.60. The molecule has 1 fully saturated rings. The Hall–Kier alpha value is -0.650. The summed E-state index contributed by atoms with van der Waals surface area (Å²) in [7, 11) is 0. The predicted octanol–water partition coefficient (Wildman–Crippen LogP) is 0.250. The van der Waals surface area contributed by atoms with E-state index in [1.807, 2.05) is 18.7 Å². The minimum atomic E-state index is 0.0817. The van der Waals surface area contributed by atoms with E-state index < -0.39 is 0 Å². The number of ether oxygens (including phenoxy) is 2. The van der Waals surface area contributed by atoms with Crippen LogP contribution in [0.3, 0.4) is 0 Å². The number of nitrogens with zero attached hydrogens (tertiary/aromatic N) is 1. The Morgan fingerprint density at radius 3 is 2.88 bits per heavy atom. The summed E-state index contributed by atoms with van der Waals surface area (Å²) in [5.74, 6) is 0.0817. The molecule has 0 radical (unpaired) electrons. The monoisotopic (exact) mass is 244 g/mol. The van der Waals surface area contributed by atoms with Crippen LogP contribution in [0.5, 0.6) is 0 Å². The molecule has 1 aliphatic rings. The summed E-state index contributed by atoms with van der Waals surface area (Å²) in [6, 6.07) is 0. The van der Waals surface area contributed by atoms with Gasteiger partial charge in [-0.25, -0.2) is 0 Å². The van der Waals surface area contributed by atoms with Gasteiger partial charge in [0, 0.05) is 19.6 Å². The van der Waals surface area contributed by atoms with Crippen LogP contribution in [0.15, 0.2) is 0 Å². The van der Waals surface area contributed by atoms with Crippen molar-refractivity contribution in [2.24, 2.45) is 0 Å². The minimum absolute atomic E-state index is 0.0817. The average molecular weight is 244 g/mol. The lowest BCUT2D eigenvalue weighted by Gasteiger charge is -2.19. The van der Waals surface area contributed by atoms with E-state index in [4.69, 9.17) is 9.47 Å². The van der Waals surface area contributed by atoms with Crippen LogP contribution in [0.1, 0.15) is 20.3 Å². The van der Waals surface area contributed by atoms with E-state index in [9.17, 15) is 4.79 Å². The van der Waals surface area contributed by atoms with Crippen molar-refractivity contribution in [3.05, 3.63) is 0 Å². The van der Waals surface area contributed by atoms with Crippen LogP contribution in [0.4, 0.5) is 0 Å². The number of hydrogen-bond acceptors (Lipinski definition) is 4. The largest absolute Gasteiger partial charge is 0.376 e. The molecule has 5 heteroatoms. The minimum Gasteiger partial charge on any atom is -0.376 e. The van der Waals surface area contributed by atoms with Gasteiger partial charge in [-0.1, -0.05) is 0 Å². The summed E-state index contributed by atoms with van der Waals surface area (Å²) in [5, 5.41) is 3.27. The van der Waals surface area contributed by atoms with Gasteiger partial charge in [-0.15, -0.1) is 0 Å². The molecule has 1 saturated heterocycles. The molecule has 0 aromatic carbocycles. The second-order valence-electron chi connectivity index (χ2n) is 4.46. The zero-order valence-electron chi connectivity index (χ0n) is 10.9. The molecule has 0 bridgehead atoms. The smallest absolute Gasteiger partial charge is 0.248 e. The first kappa shape index (κ1) is 14.4. The lowest BCUT2D eigenvalue weighted by Crippen LogP contribution is -2.36. The molecule has 0 atom stereocenters. The van der Waals surface area contributed by atoms with Crippen LogP contribution in [0, 0.1) is 0 Å². The van der Waals surface area contributed by atoms with Gasteiger partial charge in [-0.2, -0.15) is 0 Å². The first-order chi connectivity index (χ1) is 8.20. The van der Waals surface area contributed by atoms with E-state index in [1.165, 1.54) is 0 Å². The van der Waals surface area contributed by atoms with Gasteiger partial charge in [-0.3, -0.25) is 4.79 Å². The highest BCUT2D eigenvalue weighted by atomic mass is 16.5. The number of carbonyl (C=O) groups is 1. The Morgan fingerprint density at radius 1 is 1.29 bits per heavy atom. The van der Waals surface area contributed by atoms with Crippen molar-refractivity contribution in [3.8, 4) is 0 Å². The van der Waals surface area contributed by atoms with Gasteiger partial charge < -0.3 is 19.7 Å². The molecule has 0 saturated carbocycles. The second kappa shape index (κ2) is 8.44. The summed E-state index contributed by atoms with van der Waals surface area (Å²) in [6.45, 7) is 8.65. The number of rotatable bonds is 6. The van der Waals surface area contributed by atoms with Gasteiger partial charge >= 0.3 is 0 Å². The van der Waals surface area contributed by atoms with Crippen molar-refractivity contribution >= 4 is 5.91 Å². The standard InChI is InChI=1S/C12H24N2O3/c1-11(2)17-9-8-16-10-12(15)14-6-3-4-13-5-7-14/h11,13H,3-10H2,1-2H3. The van der Waals surface area contributed by atoms with Crippen molar-refractivity contribution < 1.29 is 14.3 Å². The van der Waals surface area contributed by atoms with Crippen LogP contribution in [0.25, 0.3) is 0 Å². The van der Waals surface area contributed by atoms with Gasteiger partial charge in [0.2, 0.25) is 5.91 Å². The highest BCUT2D eigenvalue weighted by Gasteiger charge is 2.14. The average Bonchev–Trinajstić information content (AvgIpc) is 2.56. The highest BCUT2D eigenvalue weighted by Crippen LogP contribution is 1.97. The molecule has 0 aromatic heterocycles. The van der Waals surface area contributed by atoms with E-state index in [-0.39, 0.29) is 18.6 Å². The molecule has 1 N–H and O–H groups in total. The fourth-order valence-corrected chi connectivity index (χ4v) is 1.69. The topological polar surface area (TPSA) is 50.8 Å². The Morgan fingerprint density at radius 2 is 2.12 bits per heavy atom. The van der Waals surface area contributed by atoms with Crippen LogP contribution in [-0.2, 0) is 14.3 Å². The summed E-state index contributed by atoms with van der Waals surface area (Å²) in [5.41, 5.74) is 0. The SMILES string of the molecule is CC(C)OCCOCC(=O)N1CCCNCC1. The van der Waals surface area contributed by atoms with E-state index in [0.717, 1.165) is 32.6 Å². The highest BCUT2D eigenvalue weighted by molar-refractivity contribution is 5.77. The van der Waals surface area contributed by atoms with E-state index >= 15 is 0 Å². The van der Waals surface area contributed by atoms with Crippen molar-refractivity contribution in [2.45, 2.75) is 26.4 Å². The van der Waals surface area contributed by atoms with Crippen molar-refractivity contribution in [2.75, 3.05) is 46.0 Å². The van der Waals surface area contributed by atoms with Crippen LogP contribution < -0.4 is 5.32 Å². The van der Waals surface area contributed by atoms with E-state index in [2.05, 4.69) is 5.32 Å². The maximum atomic E-state index is 11.8. The zero-order valence-corrected chi connectivity index (χ0v) is 10.9. The summed E-state index contributed by atoms with van der Waals surface area (Å²) in [6.07, 6.45) is 1.23. The summed E-state index contributed by atoms with van der Waals surface area (Å²) >= 11 is 0. The molecular weight excluding hydrogens is 220 g/mol. The number of hydrogen-bond donors (Lipinski definition) is 1. The Labute approximate surface area is 103 Å². The lowest BCUT2D eigenvalue weighted by molar-refractivity contribution is -0.136. The lowest BCUT2D eigenvalue weighted by atomic mass is 10.4. The molecule has 1 rings (SSSR count). The normalized spacial score (nSPS) is 17.2. The predicted molar refractivity (Wildman–Crippen MR) is 66.0 cm³/mol. The van der Waals surface area contributed by atoms with Gasteiger partial charge in [-0.05, 0) is 26.8 Å².